The molecular weight excluding hydrogens is 438 g/mol. The maximum atomic E-state index is 12.9. The average Bonchev–Trinajstić information content (AvgIpc) is 3.19. The third-order valence-electron chi connectivity index (χ3n) is 6.40. The molecule has 0 amide bonds. The van der Waals surface area contributed by atoms with Gasteiger partial charge >= 0.3 is 5.97 Å². The lowest BCUT2D eigenvalue weighted by molar-refractivity contribution is -0.121. The van der Waals surface area contributed by atoms with Crippen LogP contribution in [0.1, 0.15) is 87.8 Å². The molecule has 1 aromatic heterocycles. The highest BCUT2D eigenvalue weighted by molar-refractivity contribution is 5.94. The fourth-order valence-corrected chi connectivity index (χ4v) is 4.43. The number of Topliss-reactive ketones (excluding diaryl/α,β-unsaturated/α-hetero) is 1. The van der Waals surface area contributed by atoms with Crippen molar-refractivity contribution >= 4 is 22.7 Å². The van der Waals surface area contributed by atoms with E-state index < -0.39 is 5.97 Å². The van der Waals surface area contributed by atoms with E-state index in [1.54, 1.807) is 18.2 Å². The summed E-state index contributed by atoms with van der Waals surface area (Å²) in [7, 11) is 0. The molecule has 0 unspecified atom stereocenters. The molecule has 3 rings (SSSR count). The molecule has 0 saturated heterocycles. The number of rotatable bonds is 13. The summed E-state index contributed by atoms with van der Waals surface area (Å²) in [6.07, 6.45) is 8.77. The molecule has 0 bridgehead atoms. The summed E-state index contributed by atoms with van der Waals surface area (Å²) in [6.45, 7) is 8.60. The number of carbonyl (C=O) groups is 2. The molecule has 0 atom stereocenters. The topological polar surface area (TPSA) is 68.5 Å². The summed E-state index contributed by atoms with van der Waals surface area (Å²) in [6, 6.07) is 15.1. The first kappa shape index (κ1) is 26.5. The van der Waals surface area contributed by atoms with Crippen LogP contribution in [-0.4, -0.2) is 28.0 Å². The second-order valence-corrected chi connectivity index (χ2v) is 10.4. The fraction of sp³-hybridized carbons (Fsp3) is 0.467. The van der Waals surface area contributed by atoms with Gasteiger partial charge in [0.2, 0.25) is 0 Å². The van der Waals surface area contributed by atoms with Crippen molar-refractivity contribution in [3.63, 3.8) is 0 Å². The van der Waals surface area contributed by atoms with Crippen LogP contribution in [0.2, 0.25) is 0 Å². The summed E-state index contributed by atoms with van der Waals surface area (Å²) < 4.78 is 7.71. The number of ketones is 1. The van der Waals surface area contributed by atoms with Gasteiger partial charge in [0, 0.05) is 16.6 Å². The van der Waals surface area contributed by atoms with Crippen molar-refractivity contribution in [1.82, 2.24) is 4.57 Å². The Morgan fingerprint density at radius 1 is 0.914 bits per heavy atom. The van der Waals surface area contributed by atoms with E-state index in [0.717, 1.165) is 23.0 Å². The van der Waals surface area contributed by atoms with Gasteiger partial charge in [0.15, 0.2) is 5.78 Å². The second-order valence-electron chi connectivity index (χ2n) is 10.4. The van der Waals surface area contributed by atoms with Gasteiger partial charge in [0.05, 0.1) is 12.1 Å². The number of carbonyl (C=O) groups excluding carboxylic acids is 1. The Labute approximate surface area is 209 Å². The number of fused-ring (bicyclic) bond motifs is 1. The van der Waals surface area contributed by atoms with Gasteiger partial charge in [-0.05, 0) is 54.1 Å². The molecule has 35 heavy (non-hydrogen) atoms. The quantitative estimate of drug-likeness (QED) is 0.265. The summed E-state index contributed by atoms with van der Waals surface area (Å²) >= 11 is 0. The van der Waals surface area contributed by atoms with Crippen LogP contribution in [0.5, 0.6) is 5.75 Å². The van der Waals surface area contributed by atoms with Crippen LogP contribution in [-0.2, 0) is 23.2 Å². The van der Waals surface area contributed by atoms with E-state index in [-0.39, 0.29) is 29.9 Å². The number of aromatic carboxylic acids is 1. The average molecular weight is 478 g/mol. The molecule has 5 nitrogen and oxygen atoms in total. The fourth-order valence-electron chi connectivity index (χ4n) is 4.43. The lowest BCUT2D eigenvalue weighted by Gasteiger charge is -2.22. The van der Waals surface area contributed by atoms with E-state index in [4.69, 9.17) is 4.74 Å². The molecule has 0 radical (unpaired) electrons. The van der Waals surface area contributed by atoms with Crippen molar-refractivity contribution in [3.05, 3.63) is 65.4 Å². The predicted molar refractivity (Wildman–Crippen MR) is 142 cm³/mol. The third-order valence-corrected chi connectivity index (χ3v) is 6.40. The lowest BCUT2D eigenvalue weighted by Crippen LogP contribution is -2.23. The Bertz CT molecular complexity index is 1140. The number of ether oxygens (including phenoxy) is 1. The van der Waals surface area contributed by atoms with Crippen LogP contribution in [0.4, 0.5) is 0 Å². The lowest BCUT2D eigenvalue weighted by atomic mass is 9.92. The highest BCUT2D eigenvalue weighted by Gasteiger charge is 2.23. The molecule has 0 fully saturated rings. The summed E-state index contributed by atoms with van der Waals surface area (Å²) in [5, 5.41) is 10.3. The third kappa shape index (κ3) is 7.45. The summed E-state index contributed by atoms with van der Waals surface area (Å²) in [4.78, 5) is 24.4. The predicted octanol–water partition coefficient (Wildman–Crippen LogP) is 7.19. The van der Waals surface area contributed by atoms with Crippen molar-refractivity contribution < 1.29 is 19.4 Å². The maximum Gasteiger partial charge on any atom is 0.335 e. The van der Waals surface area contributed by atoms with Gasteiger partial charge in [0.25, 0.3) is 0 Å². The molecule has 0 spiro atoms. The maximum absolute atomic E-state index is 12.9. The molecule has 5 heteroatoms. The number of carboxylic acid groups (broad SMARTS) is 1. The molecule has 0 saturated carbocycles. The van der Waals surface area contributed by atoms with E-state index in [2.05, 4.69) is 39.8 Å². The van der Waals surface area contributed by atoms with Crippen molar-refractivity contribution in [2.75, 3.05) is 6.61 Å². The minimum absolute atomic E-state index is 0.0291. The SMILES string of the molecule is CCCCCCCCc1ccc(OCC(=O)Cn2c(C(C)(C)C)cc3ccc(C(=O)O)cc32)cc1. The normalized spacial score (nSPS) is 11.7. The van der Waals surface area contributed by atoms with Crippen LogP contribution in [0.25, 0.3) is 10.9 Å². The van der Waals surface area contributed by atoms with Crippen LogP contribution in [0.15, 0.2) is 48.5 Å². The van der Waals surface area contributed by atoms with Crippen molar-refractivity contribution in [3.8, 4) is 5.75 Å². The molecule has 0 aliphatic heterocycles. The summed E-state index contributed by atoms with van der Waals surface area (Å²) in [5.74, 6) is -0.358. The number of unbranched alkanes of at least 4 members (excludes halogenated alkanes) is 5. The Kier molecular flexibility index (Phi) is 9.13. The first-order valence-corrected chi connectivity index (χ1v) is 12.8. The molecule has 188 valence electrons. The number of benzene rings is 2. The molecule has 0 aliphatic rings. The van der Waals surface area contributed by atoms with E-state index in [9.17, 15) is 14.7 Å². The number of aryl methyl sites for hydroxylation is 1. The zero-order valence-electron chi connectivity index (χ0n) is 21.6. The standard InChI is InChI=1S/C30H39NO4/c1-5-6-7-8-9-10-11-22-12-16-26(17-13-22)35-21-25(32)20-31-27-18-24(29(33)34)15-14-23(27)19-28(31)30(2,3)4/h12-19H,5-11,20-21H2,1-4H3,(H,33,34). The zero-order valence-corrected chi connectivity index (χ0v) is 21.6. The molecule has 1 heterocycles. The van der Waals surface area contributed by atoms with Crippen molar-refractivity contribution in [1.29, 1.82) is 0 Å². The van der Waals surface area contributed by atoms with E-state index in [1.165, 1.54) is 44.1 Å². The van der Waals surface area contributed by atoms with Crippen LogP contribution < -0.4 is 4.74 Å². The number of nitrogens with zero attached hydrogens (tertiary/aromatic N) is 1. The number of carboxylic acids is 1. The molecule has 0 aliphatic carbocycles. The zero-order chi connectivity index (χ0) is 25.4. The number of hydrogen-bond acceptors (Lipinski definition) is 3. The van der Waals surface area contributed by atoms with Gasteiger partial charge in [-0.25, -0.2) is 4.79 Å². The van der Waals surface area contributed by atoms with Crippen LogP contribution >= 0.6 is 0 Å². The molecular formula is C30H39NO4. The monoisotopic (exact) mass is 477 g/mol. The Hall–Kier alpha value is -3.08. The van der Waals surface area contributed by atoms with Gasteiger partial charge in [-0.15, -0.1) is 0 Å². The summed E-state index contributed by atoms with van der Waals surface area (Å²) in [5.41, 5.74) is 3.05. The Balaban J connectivity index is 1.61. The van der Waals surface area contributed by atoms with Gasteiger partial charge in [0.1, 0.15) is 12.4 Å². The first-order chi connectivity index (χ1) is 16.7. The Morgan fingerprint density at radius 2 is 1.60 bits per heavy atom. The molecule has 1 N–H and O–H groups in total. The largest absolute Gasteiger partial charge is 0.486 e. The Morgan fingerprint density at radius 3 is 2.26 bits per heavy atom. The molecule has 3 aromatic rings. The smallest absolute Gasteiger partial charge is 0.335 e. The van der Waals surface area contributed by atoms with Crippen molar-refractivity contribution in [2.45, 2.75) is 84.6 Å². The van der Waals surface area contributed by atoms with Gasteiger partial charge < -0.3 is 14.4 Å². The molecule has 2 aromatic carbocycles. The minimum Gasteiger partial charge on any atom is -0.486 e. The highest BCUT2D eigenvalue weighted by Crippen LogP contribution is 2.30. The van der Waals surface area contributed by atoms with E-state index in [1.807, 2.05) is 22.8 Å². The van der Waals surface area contributed by atoms with Gasteiger partial charge in [-0.1, -0.05) is 78.0 Å². The van der Waals surface area contributed by atoms with Gasteiger partial charge in [-0.3, -0.25) is 4.79 Å². The highest BCUT2D eigenvalue weighted by atomic mass is 16.5. The minimum atomic E-state index is -0.980. The van der Waals surface area contributed by atoms with E-state index in [0.29, 0.717) is 5.75 Å². The number of hydrogen-bond donors (Lipinski definition) is 1. The van der Waals surface area contributed by atoms with Gasteiger partial charge in [-0.2, -0.15) is 0 Å². The van der Waals surface area contributed by atoms with Crippen molar-refractivity contribution in [2.24, 2.45) is 0 Å². The number of aromatic nitrogens is 1. The van der Waals surface area contributed by atoms with Crippen LogP contribution in [0, 0.1) is 0 Å². The first-order valence-electron chi connectivity index (χ1n) is 12.8. The van der Waals surface area contributed by atoms with E-state index >= 15 is 0 Å². The second kappa shape index (κ2) is 12.1. The van der Waals surface area contributed by atoms with Crippen LogP contribution in [0.3, 0.4) is 0 Å².